The van der Waals surface area contributed by atoms with E-state index in [4.69, 9.17) is 0 Å². The zero-order valence-electron chi connectivity index (χ0n) is 10.9. The summed E-state index contributed by atoms with van der Waals surface area (Å²) in [6.45, 7) is 5.83. The molecule has 2 unspecified atom stereocenters. The van der Waals surface area contributed by atoms with Gasteiger partial charge in [0.25, 0.3) is 0 Å². The Morgan fingerprint density at radius 1 is 1.53 bits per heavy atom. The van der Waals surface area contributed by atoms with E-state index in [0.29, 0.717) is 12.6 Å². The van der Waals surface area contributed by atoms with Crippen LogP contribution in [-0.2, 0) is 13.0 Å². The van der Waals surface area contributed by atoms with Crippen molar-refractivity contribution in [3.63, 3.8) is 0 Å². The maximum absolute atomic E-state index is 9.44. The molecule has 0 bridgehead atoms. The topological polar surface area (TPSA) is 37.2 Å². The molecule has 0 aliphatic heterocycles. The molecule has 2 atom stereocenters. The lowest BCUT2D eigenvalue weighted by Gasteiger charge is -2.23. The van der Waals surface area contributed by atoms with Crippen molar-refractivity contribution in [2.45, 2.75) is 58.2 Å². The monoisotopic (exact) mass is 236 g/mol. The van der Waals surface area contributed by atoms with Gasteiger partial charge in [0.1, 0.15) is 0 Å². The number of hydrogen-bond acceptors (Lipinski definition) is 2. The van der Waals surface area contributed by atoms with Gasteiger partial charge in [0.15, 0.2) is 0 Å². The van der Waals surface area contributed by atoms with Crippen LogP contribution in [0.3, 0.4) is 0 Å². The van der Waals surface area contributed by atoms with Gasteiger partial charge in [-0.1, -0.05) is 6.92 Å². The lowest BCUT2D eigenvalue weighted by atomic mass is 9.91. The average molecular weight is 236 g/mol. The van der Waals surface area contributed by atoms with E-state index in [0.717, 1.165) is 6.54 Å². The maximum atomic E-state index is 9.44. The molecule has 0 fully saturated rings. The molecular weight excluding hydrogens is 212 g/mol. The zero-order chi connectivity index (χ0) is 12.3. The van der Waals surface area contributed by atoms with Gasteiger partial charge in [0, 0.05) is 25.0 Å². The van der Waals surface area contributed by atoms with Crippen LogP contribution < -0.4 is 5.32 Å². The lowest BCUT2D eigenvalue weighted by Crippen LogP contribution is -2.25. The highest BCUT2D eigenvalue weighted by atomic mass is 16.3. The number of aryl methyl sites for hydroxylation is 1. The van der Waals surface area contributed by atoms with Crippen LogP contribution in [0.5, 0.6) is 0 Å². The molecular formula is C14H24N2O. The summed E-state index contributed by atoms with van der Waals surface area (Å²) >= 11 is 0. The van der Waals surface area contributed by atoms with Crippen LogP contribution in [0.1, 0.15) is 50.3 Å². The molecule has 0 aromatic carbocycles. The third kappa shape index (κ3) is 3.11. The van der Waals surface area contributed by atoms with E-state index in [2.05, 4.69) is 29.2 Å². The molecule has 1 aliphatic carbocycles. The summed E-state index contributed by atoms with van der Waals surface area (Å²) in [6, 6.07) is 0.522. The molecule has 1 aromatic heterocycles. The number of aliphatic hydroxyl groups is 1. The van der Waals surface area contributed by atoms with Gasteiger partial charge in [0.2, 0.25) is 0 Å². The first-order chi connectivity index (χ1) is 8.20. The highest BCUT2D eigenvalue weighted by Gasteiger charge is 2.21. The molecule has 0 amide bonds. The molecule has 2 rings (SSSR count). The van der Waals surface area contributed by atoms with Gasteiger partial charge >= 0.3 is 0 Å². The number of nitrogens with one attached hydrogen (secondary N) is 1. The summed E-state index contributed by atoms with van der Waals surface area (Å²) in [7, 11) is 0. The molecule has 0 spiro atoms. The first-order valence-electron chi connectivity index (χ1n) is 6.80. The fraction of sp³-hybridized carbons (Fsp3) is 0.714. The quantitative estimate of drug-likeness (QED) is 0.822. The Morgan fingerprint density at radius 3 is 3.06 bits per heavy atom. The van der Waals surface area contributed by atoms with Gasteiger partial charge in [-0.3, -0.25) is 0 Å². The van der Waals surface area contributed by atoms with Crippen LogP contribution in [0.2, 0.25) is 0 Å². The fourth-order valence-electron chi connectivity index (χ4n) is 2.69. The van der Waals surface area contributed by atoms with Gasteiger partial charge in [-0.15, -0.1) is 0 Å². The third-order valence-electron chi connectivity index (χ3n) is 3.43. The summed E-state index contributed by atoms with van der Waals surface area (Å²) in [6.07, 6.45) is 9.04. The highest BCUT2D eigenvalue weighted by Crippen LogP contribution is 2.30. The molecule has 3 heteroatoms. The number of aliphatic hydroxyl groups excluding tert-OH is 1. The van der Waals surface area contributed by atoms with Crippen molar-refractivity contribution in [3.05, 3.63) is 23.5 Å². The van der Waals surface area contributed by atoms with Crippen molar-refractivity contribution in [1.29, 1.82) is 0 Å². The van der Waals surface area contributed by atoms with Crippen molar-refractivity contribution in [3.8, 4) is 0 Å². The van der Waals surface area contributed by atoms with Gasteiger partial charge in [-0.25, -0.2) is 0 Å². The first-order valence-corrected chi connectivity index (χ1v) is 6.80. The van der Waals surface area contributed by atoms with E-state index in [9.17, 15) is 5.11 Å². The van der Waals surface area contributed by atoms with E-state index in [1.807, 2.05) is 6.92 Å². The Balaban J connectivity index is 2.10. The Labute approximate surface area is 104 Å². The van der Waals surface area contributed by atoms with Gasteiger partial charge in [0.05, 0.1) is 6.10 Å². The Hall–Kier alpha value is -0.800. The number of fused-ring (bicyclic) bond motifs is 1. The van der Waals surface area contributed by atoms with Gasteiger partial charge in [-0.2, -0.15) is 0 Å². The van der Waals surface area contributed by atoms with Crippen LogP contribution in [0, 0.1) is 0 Å². The molecule has 17 heavy (non-hydrogen) atoms. The molecule has 1 aromatic rings. The summed E-state index contributed by atoms with van der Waals surface area (Å²) in [4.78, 5) is 0. The second-order valence-corrected chi connectivity index (χ2v) is 5.18. The molecule has 1 heterocycles. The smallest absolute Gasteiger partial charge is 0.0690 e. The standard InChI is InChI=1S/C14H24N2O/c1-3-7-15-14-6-4-5-12-9-16(8-11(2)17)10-13(12)14/h9-11,14-15,17H,3-8H2,1-2H3. The maximum Gasteiger partial charge on any atom is 0.0690 e. The second kappa shape index (κ2) is 5.69. The third-order valence-corrected chi connectivity index (χ3v) is 3.43. The number of aromatic nitrogens is 1. The minimum absolute atomic E-state index is 0.272. The Bertz CT molecular complexity index is 357. The number of rotatable bonds is 5. The second-order valence-electron chi connectivity index (χ2n) is 5.18. The van der Waals surface area contributed by atoms with Crippen LogP contribution in [0.25, 0.3) is 0 Å². The molecule has 1 aliphatic rings. The van der Waals surface area contributed by atoms with Crippen LogP contribution in [0.15, 0.2) is 12.4 Å². The van der Waals surface area contributed by atoms with E-state index in [1.165, 1.54) is 36.8 Å². The summed E-state index contributed by atoms with van der Waals surface area (Å²) in [5.41, 5.74) is 2.91. The molecule has 0 saturated carbocycles. The van der Waals surface area contributed by atoms with Crippen molar-refractivity contribution in [2.24, 2.45) is 0 Å². The molecule has 0 radical (unpaired) electrons. The average Bonchev–Trinajstić information content (AvgIpc) is 2.67. The molecule has 96 valence electrons. The van der Waals surface area contributed by atoms with Crippen molar-refractivity contribution in [2.75, 3.05) is 6.54 Å². The summed E-state index contributed by atoms with van der Waals surface area (Å²) < 4.78 is 2.14. The van der Waals surface area contributed by atoms with Crippen LogP contribution in [0.4, 0.5) is 0 Å². The lowest BCUT2D eigenvalue weighted by molar-refractivity contribution is 0.173. The SMILES string of the molecule is CCCNC1CCCc2cn(CC(C)O)cc21. The highest BCUT2D eigenvalue weighted by molar-refractivity contribution is 5.30. The predicted molar refractivity (Wildman–Crippen MR) is 70.1 cm³/mol. The summed E-state index contributed by atoms with van der Waals surface area (Å²) in [5, 5.41) is 13.1. The van der Waals surface area contributed by atoms with Crippen molar-refractivity contribution >= 4 is 0 Å². The van der Waals surface area contributed by atoms with E-state index >= 15 is 0 Å². The van der Waals surface area contributed by atoms with Crippen molar-refractivity contribution in [1.82, 2.24) is 9.88 Å². The van der Waals surface area contributed by atoms with Gasteiger partial charge in [-0.05, 0) is 50.3 Å². The minimum Gasteiger partial charge on any atom is -0.392 e. The zero-order valence-corrected chi connectivity index (χ0v) is 10.9. The molecule has 0 saturated heterocycles. The van der Waals surface area contributed by atoms with Crippen LogP contribution in [-0.4, -0.2) is 22.3 Å². The van der Waals surface area contributed by atoms with E-state index < -0.39 is 0 Å². The van der Waals surface area contributed by atoms with Gasteiger partial charge < -0.3 is 15.0 Å². The van der Waals surface area contributed by atoms with Crippen LogP contribution >= 0.6 is 0 Å². The normalized spacial score (nSPS) is 21.2. The fourth-order valence-corrected chi connectivity index (χ4v) is 2.69. The number of nitrogens with zero attached hydrogens (tertiary/aromatic N) is 1. The summed E-state index contributed by atoms with van der Waals surface area (Å²) in [5.74, 6) is 0. The first kappa shape index (κ1) is 12.7. The number of hydrogen-bond donors (Lipinski definition) is 2. The van der Waals surface area contributed by atoms with E-state index in [-0.39, 0.29) is 6.10 Å². The molecule has 3 nitrogen and oxygen atoms in total. The molecule has 2 N–H and O–H groups in total. The van der Waals surface area contributed by atoms with E-state index in [1.54, 1.807) is 0 Å². The predicted octanol–water partition coefficient (Wildman–Crippen LogP) is 2.25. The Morgan fingerprint density at radius 2 is 2.35 bits per heavy atom. The minimum atomic E-state index is -0.272. The van der Waals surface area contributed by atoms with Crippen molar-refractivity contribution < 1.29 is 5.11 Å². The largest absolute Gasteiger partial charge is 0.392 e. The Kier molecular flexibility index (Phi) is 4.24.